The summed E-state index contributed by atoms with van der Waals surface area (Å²) in [6, 6.07) is 5.30. The zero-order valence-electron chi connectivity index (χ0n) is 11.6. The van der Waals surface area contributed by atoms with Gasteiger partial charge in [0.05, 0.1) is 6.26 Å². The van der Waals surface area contributed by atoms with Gasteiger partial charge in [0, 0.05) is 13.0 Å². The Labute approximate surface area is 117 Å². The Balaban J connectivity index is 2.08. The predicted molar refractivity (Wildman–Crippen MR) is 74.2 cm³/mol. The van der Waals surface area contributed by atoms with Gasteiger partial charge in [-0.1, -0.05) is 6.92 Å². The molecule has 7 heteroatoms. The molecule has 0 fully saturated rings. The average Bonchev–Trinajstić information content (AvgIpc) is 2.72. The van der Waals surface area contributed by atoms with Crippen LogP contribution in [0.4, 0.5) is 0 Å². The third kappa shape index (κ3) is 3.94. The van der Waals surface area contributed by atoms with Gasteiger partial charge >= 0.3 is 0 Å². The summed E-state index contributed by atoms with van der Waals surface area (Å²) in [4.78, 5) is 4.20. The number of nitrogens with zero attached hydrogens (tertiary/aromatic N) is 1. The van der Waals surface area contributed by atoms with Crippen molar-refractivity contribution in [2.45, 2.75) is 26.4 Å². The van der Waals surface area contributed by atoms with Crippen LogP contribution >= 0.6 is 0 Å². The fraction of sp³-hybridized carbons (Fsp3) is 0.462. The summed E-state index contributed by atoms with van der Waals surface area (Å²) >= 11 is 0. The summed E-state index contributed by atoms with van der Waals surface area (Å²) in [5.74, 6) is 1.18. The molecule has 1 aromatic heterocycles. The van der Waals surface area contributed by atoms with Crippen LogP contribution in [-0.2, 0) is 14.3 Å². The maximum absolute atomic E-state index is 11.0. The minimum atomic E-state index is -3.46. The molecule has 2 aromatic rings. The first-order valence-corrected chi connectivity index (χ1v) is 8.07. The summed E-state index contributed by atoms with van der Waals surface area (Å²) in [5, 5.41) is 0. The maximum Gasteiger partial charge on any atom is 0.264 e. The summed E-state index contributed by atoms with van der Waals surface area (Å²) in [6.45, 7) is 3.66. The van der Waals surface area contributed by atoms with E-state index < -0.39 is 10.1 Å². The standard InChI is InChI=1S/C13H17NO5S/c1-4-10(8-17-20(3,15)16)19-11-5-6-12-13(7-11)18-9(2)14-12/h5-7,10H,4,8H2,1-3H3. The number of aryl methyl sites for hydroxylation is 1. The Bertz CT molecular complexity index is 692. The van der Waals surface area contributed by atoms with Crippen LogP contribution in [0, 0.1) is 6.92 Å². The minimum absolute atomic E-state index is 0.0111. The Hall–Kier alpha value is -1.60. The molecule has 0 bridgehead atoms. The van der Waals surface area contributed by atoms with Crippen LogP contribution in [0.15, 0.2) is 22.6 Å². The molecule has 0 aliphatic rings. The predicted octanol–water partition coefficient (Wildman–Crippen LogP) is 2.27. The summed E-state index contributed by atoms with van der Waals surface area (Å²) in [5.41, 5.74) is 1.40. The zero-order chi connectivity index (χ0) is 14.8. The monoisotopic (exact) mass is 299 g/mol. The van der Waals surface area contributed by atoms with Gasteiger partial charge in [-0.15, -0.1) is 0 Å². The number of fused-ring (bicyclic) bond motifs is 1. The molecule has 1 atom stereocenters. The van der Waals surface area contributed by atoms with Crippen molar-refractivity contribution in [3.63, 3.8) is 0 Å². The quantitative estimate of drug-likeness (QED) is 0.761. The molecule has 1 unspecified atom stereocenters. The molecule has 110 valence electrons. The number of hydrogen-bond donors (Lipinski definition) is 0. The van der Waals surface area contributed by atoms with Crippen molar-refractivity contribution in [3.05, 3.63) is 24.1 Å². The molecule has 0 saturated heterocycles. The van der Waals surface area contributed by atoms with E-state index >= 15 is 0 Å². The first-order valence-electron chi connectivity index (χ1n) is 6.25. The lowest BCUT2D eigenvalue weighted by Gasteiger charge is -2.16. The Morgan fingerprint density at radius 3 is 2.80 bits per heavy atom. The number of oxazole rings is 1. The molecule has 0 radical (unpaired) electrons. The van der Waals surface area contributed by atoms with Gasteiger partial charge in [0.1, 0.15) is 24.0 Å². The van der Waals surface area contributed by atoms with Crippen LogP contribution in [0.2, 0.25) is 0 Å². The molecule has 2 rings (SSSR count). The van der Waals surface area contributed by atoms with Gasteiger partial charge in [-0.2, -0.15) is 8.42 Å². The number of hydrogen-bond acceptors (Lipinski definition) is 6. The Morgan fingerprint density at radius 2 is 2.15 bits per heavy atom. The van der Waals surface area contributed by atoms with E-state index in [0.717, 1.165) is 11.8 Å². The van der Waals surface area contributed by atoms with Crippen LogP contribution in [0.1, 0.15) is 19.2 Å². The van der Waals surface area contributed by atoms with Gasteiger partial charge in [-0.05, 0) is 18.6 Å². The highest BCUT2D eigenvalue weighted by Crippen LogP contribution is 2.22. The second-order valence-electron chi connectivity index (χ2n) is 4.50. The van der Waals surface area contributed by atoms with Crippen LogP contribution in [0.25, 0.3) is 11.1 Å². The highest BCUT2D eigenvalue weighted by Gasteiger charge is 2.13. The molecule has 0 saturated carbocycles. The summed E-state index contributed by atoms with van der Waals surface area (Å²) in [7, 11) is -3.46. The first kappa shape index (κ1) is 14.8. The van der Waals surface area contributed by atoms with Crippen molar-refractivity contribution >= 4 is 21.2 Å². The average molecular weight is 299 g/mol. The maximum atomic E-state index is 11.0. The lowest BCUT2D eigenvalue weighted by molar-refractivity contribution is 0.129. The SMILES string of the molecule is CCC(COS(C)(=O)=O)Oc1ccc2nc(C)oc2c1. The second-order valence-corrected chi connectivity index (χ2v) is 6.14. The normalized spacial score (nSPS) is 13.6. The highest BCUT2D eigenvalue weighted by atomic mass is 32.2. The van der Waals surface area contributed by atoms with E-state index in [2.05, 4.69) is 4.98 Å². The highest BCUT2D eigenvalue weighted by molar-refractivity contribution is 7.85. The van der Waals surface area contributed by atoms with E-state index in [4.69, 9.17) is 13.3 Å². The zero-order valence-corrected chi connectivity index (χ0v) is 12.4. The molecule has 6 nitrogen and oxygen atoms in total. The summed E-state index contributed by atoms with van der Waals surface area (Å²) < 4.78 is 37.8. The lowest BCUT2D eigenvalue weighted by atomic mass is 10.2. The smallest absolute Gasteiger partial charge is 0.264 e. The van der Waals surface area contributed by atoms with Crippen LogP contribution in [0.3, 0.4) is 0 Å². The van der Waals surface area contributed by atoms with Crippen molar-refractivity contribution in [1.82, 2.24) is 4.98 Å². The molecular formula is C13H17NO5S. The molecular weight excluding hydrogens is 282 g/mol. The molecule has 0 aliphatic carbocycles. The van der Waals surface area contributed by atoms with E-state index in [1.165, 1.54) is 0 Å². The molecule has 0 spiro atoms. The van der Waals surface area contributed by atoms with Crippen LogP contribution < -0.4 is 4.74 Å². The van der Waals surface area contributed by atoms with E-state index in [1.807, 2.05) is 6.92 Å². The van der Waals surface area contributed by atoms with E-state index in [-0.39, 0.29) is 12.7 Å². The molecule has 1 aromatic carbocycles. The van der Waals surface area contributed by atoms with Gasteiger partial charge in [0.25, 0.3) is 10.1 Å². The number of ether oxygens (including phenoxy) is 1. The van der Waals surface area contributed by atoms with Gasteiger partial charge < -0.3 is 9.15 Å². The third-order valence-electron chi connectivity index (χ3n) is 2.69. The molecule has 0 aliphatic heterocycles. The molecule has 0 N–H and O–H groups in total. The van der Waals surface area contributed by atoms with Crippen molar-refractivity contribution in [2.24, 2.45) is 0 Å². The van der Waals surface area contributed by atoms with Crippen molar-refractivity contribution in [2.75, 3.05) is 12.9 Å². The number of rotatable bonds is 6. The van der Waals surface area contributed by atoms with Crippen molar-refractivity contribution in [3.8, 4) is 5.75 Å². The topological polar surface area (TPSA) is 78.6 Å². The van der Waals surface area contributed by atoms with E-state index in [9.17, 15) is 8.42 Å². The second kappa shape index (κ2) is 5.80. The van der Waals surface area contributed by atoms with E-state index in [0.29, 0.717) is 23.6 Å². The molecule has 1 heterocycles. The van der Waals surface area contributed by atoms with Crippen molar-refractivity contribution < 1.29 is 21.8 Å². The molecule has 20 heavy (non-hydrogen) atoms. The van der Waals surface area contributed by atoms with Gasteiger partial charge in [0.2, 0.25) is 0 Å². The lowest BCUT2D eigenvalue weighted by Crippen LogP contribution is -2.23. The Morgan fingerprint density at radius 1 is 1.40 bits per heavy atom. The van der Waals surface area contributed by atoms with E-state index in [1.54, 1.807) is 25.1 Å². The molecule has 0 amide bonds. The number of aromatic nitrogens is 1. The van der Waals surface area contributed by atoms with Crippen molar-refractivity contribution in [1.29, 1.82) is 0 Å². The van der Waals surface area contributed by atoms with Gasteiger partial charge in [-0.3, -0.25) is 4.18 Å². The van der Waals surface area contributed by atoms with Crippen LogP contribution in [-0.4, -0.2) is 32.4 Å². The minimum Gasteiger partial charge on any atom is -0.488 e. The van der Waals surface area contributed by atoms with Gasteiger partial charge in [-0.25, -0.2) is 4.98 Å². The Kier molecular flexibility index (Phi) is 4.29. The van der Waals surface area contributed by atoms with Crippen LogP contribution in [0.5, 0.6) is 5.75 Å². The fourth-order valence-corrected chi connectivity index (χ4v) is 2.12. The fourth-order valence-electron chi connectivity index (χ4n) is 1.72. The van der Waals surface area contributed by atoms with Gasteiger partial charge in [0.15, 0.2) is 11.5 Å². The number of benzene rings is 1. The third-order valence-corrected chi connectivity index (χ3v) is 3.26. The summed E-state index contributed by atoms with van der Waals surface area (Å²) in [6.07, 6.45) is 1.30. The largest absolute Gasteiger partial charge is 0.488 e. The first-order chi connectivity index (χ1) is 9.37.